The molecule has 14 heteroatoms. The number of nitrogens with two attached hydrogens (primary N) is 1. The third kappa shape index (κ3) is 6.76. The van der Waals surface area contributed by atoms with Crippen LogP contribution in [-0.2, 0) is 30.0 Å². The summed E-state index contributed by atoms with van der Waals surface area (Å²) in [6, 6.07) is 22.0. The number of aromatic nitrogens is 4. The van der Waals surface area contributed by atoms with Crippen molar-refractivity contribution in [3.05, 3.63) is 95.0 Å². The standard InChI is InChI=1S/C31H32N5O8P/c1-19(30(39)41-15-20-8-3-2-4-9-20)17-45(40,44-24-13-7-11-21-10-5-6-12-22(21)24)42-16-25-23(37)14-26(43-25)36-18-33-27-28(36)34-31(32)35-29(27)38/h2-13,18-19,23,25-26,37H,14-17H2,1H3,(H3,32,34,35,38)/t19-,23-,25-,26-,45?/m1/s1. The average Bonchev–Trinajstić information content (AvgIpc) is 3.62. The van der Waals surface area contributed by atoms with Gasteiger partial charge in [0.1, 0.15) is 24.7 Å². The maximum atomic E-state index is 14.4. The van der Waals surface area contributed by atoms with Gasteiger partial charge in [-0.1, -0.05) is 73.7 Å². The number of nitrogen functional groups attached to an aromatic ring is 1. The van der Waals surface area contributed by atoms with Crippen LogP contribution in [-0.4, -0.2) is 55.6 Å². The monoisotopic (exact) mass is 633 g/mol. The molecule has 1 aliphatic rings. The molecule has 1 fully saturated rings. The minimum absolute atomic E-state index is 0.0676. The van der Waals surface area contributed by atoms with E-state index in [9.17, 15) is 19.3 Å². The van der Waals surface area contributed by atoms with Gasteiger partial charge in [0.2, 0.25) is 5.95 Å². The molecule has 6 rings (SSSR count). The molecule has 0 spiro atoms. The molecule has 0 saturated carbocycles. The van der Waals surface area contributed by atoms with Crippen molar-refractivity contribution in [1.82, 2.24) is 19.5 Å². The summed E-state index contributed by atoms with van der Waals surface area (Å²) >= 11 is 0. The molecule has 5 aromatic rings. The molecule has 45 heavy (non-hydrogen) atoms. The van der Waals surface area contributed by atoms with Crippen molar-refractivity contribution in [2.45, 2.75) is 38.4 Å². The number of aromatic amines is 1. The maximum Gasteiger partial charge on any atom is 0.380 e. The highest BCUT2D eigenvalue weighted by molar-refractivity contribution is 7.54. The largest absolute Gasteiger partial charge is 0.461 e. The van der Waals surface area contributed by atoms with Gasteiger partial charge in [-0.15, -0.1) is 0 Å². The van der Waals surface area contributed by atoms with Gasteiger partial charge in [-0.05, 0) is 17.0 Å². The normalized spacial score (nSPS) is 20.2. The minimum Gasteiger partial charge on any atom is -0.461 e. The predicted molar refractivity (Wildman–Crippen MR) is 165 cm³/mol. The van der Waals surface area contributed by atoms with E-state index in [2.05, 4.69) is 15.0 Å². The lowest BCUT2D eigenvalue weighted by Crippen LogP contribution is -2.27. The van der Waals surface area contributed by atoms with Crippen LogP contribution in [0, 0.1) is 5.92 Å². The Kier molecular flexibility index (Phi) is 8.68. The number of esters is 1. The summed E-state index contributed by atoms with van der Waals surface area (Å²) in [6.07, 6.45) is -1.48. The summed E-state index contributed by atoms with van der Waals surface area (Å²) in [5.74, 6) is -1.17. The second-order valence-corrected chi connectivity index (χ2v) is 12.9. The molecule has 1 aliphatic heterocycles. The van der Waals surface area contributed by atoms with Crippen molar-refractivity contribution in [2.75, 3.05) is 18.5 Å². The zero-order chi connectivity index (χ0) is 31.6. The lowest BCUT2D eigenvalue weighted by molar-refractivity contribution is -0.148. The van der Waals surface area contributed by atoms with E-state index < -0.39 is 43.5 Å². The number of carbonyl (C=O) groups excluding carboxylic acids is 1. The molecular weight excluding hydrogens is 601 g/mol. The Morgan fingerprint density at radius 3 is 2.73 bits per heavy atom. The molecular formula is C31H32N5O8P. The number of hydrogen-bond donors (Lipinski definition) is 3. The molecule has 0 amide bonds. The summed E-state index contributed by atoms with van der Waals surface area (Å²) in [6.45, 7) is 1.35. The van der Waals surface area contributed by atoms with E-state index in [0.29, 0.717) is 11.1 Å². The summed E-state index contributed by atoms with van der Waals surface area (Å²) in [5, 5.41) is 12.4. The number of benzene rings is 3. The van der Waals surface area contributed by atoms with Crippen LogP contribution in [0.4, 0.5) is 5.95 Å². The number of aliphatic hydroxyl groups is 1. The van der Waals surface area contributed by atoms with E-state index in [1.807, 2.05) is 60.7 Å². The highest BCUT2D eigenvalue weighted by Crippen LogP contribution is 2.52. The number of nitrogens with one attached hydrogen (secondary N) is 1. The molecule has 1 saturated heterocycles. The molecule has 1 unspecified atom stereocenters. The number of hydrogen-bond acceptors (Lipinski definition) is 11. The molecule has 0 radical (unpaired) electrons. The highest BCUT2D eigenvalue weighted by atomic mass is 31.2. The topological polar surface area (TPSA) is 181 Å². The fraction of sp³-hybridized carbons (Fsp3) is 0.290. The number of ether oxygens (including phenoxy) is 2. The Labute approximate surface area is 257 Å². The number of imidazole rings is 1. The number of nitrogens with zero attached hydrogens (tertiary/aromatic N) is 3. The fourth-order valence-electron chi connectivity index (χ4n) is 5.20. The number of anilines is 1. The van der Waals surface area contributed by atoms with Crippen LogP contribution in [0.2, 0.25) is 0 Å². The third-order valence-corrected chi connectivity index (χ3v) is 9.52. The van der Waals surface area contributed by atoms with E-state index in [-0.39, 0.29) is 42.9 Å². The Balaban J connectivity index is 1.19. The summed E-state index contributed by atoms with van der Waals surface area (Å²) in [5.41, 5.74) is 6.30. The summed E-state index contributed by atoms with van der Waals surface area (Å²) in [4.78, 5) is 35.8. The molecule has 5 atom stereocenters. The Bertz CT molecular complexity index is 1920. The molecule has 13 nitrogen and oxygen atoms in total. The van der Waals surface area contributed by atoms with Gasteiger partial charge in [-0.2, -0.15) is 4.98 Å². The van der Waals surface area contributed by atoms with Crippen LogP contribution >= 0.6 is 7.60 Å². The van der Waals surface area contributed by atoms with Gasteiger partial charge >= 0.3 is 13.6 Å². The zero-order valence-electron chi connectivity index (χ0n) is 24.3. The van der Waals surface area contributed by atoms with Gasteiger partial charge < -0.3 is 24.8 Å². The number of rotatable bonds is 11. The minimum atomic E-state index is -4.05. The predicted octanol–water partition coefficient (Wildman–Crippen LogP) is 4.17. The number of carbonyl (C=O) groups is 1. The van der Waals surface area contributed by atoms with Crippen LogP contribution in [0.3, 0.4) is 0 Å². The Hall–Kier alpha value is -4.55. The van der Waals surface area contributed by atoms with Crippen molar-refractivity contribution in [3.8, 4) is 5.75 Å². The van der Waals surface area contributed by atoms with Crippen molar-refractivity contribution in [1.29, 1.82) is 0 Å². The van der Waals surface area contributed by atoms with Gasteiger partial charge in [0.25, 0.3) is 5.56 Å². The van der Waals surface area contributed by atoms with Crippen molar-refractivity contribution in [2.24, 2.45) is 5.92 Å². The van der Waals surface area contributed by atoms with Crippen molar-refractivity contribution < 1.29 is 33.0 Å². The van der Waals surface area contributed by atoms with Crippen LogP contribution in [0.1, 0.15) is 25.1 Å². The Morgan fingerprint density at radius 1 is 1.16 bits per heavy atom. The van der Waals surface area contributed by atoms with Crippen LogP contribution in [0.25, 0.3) is 21.9 Å². The number of H-pyrrole nitrogens is 1. The molecule has 0 aliphatic carbocycles. The lowest BCUT2D eigenvalue weighted by atomic mass is 10.1. The molecule has 2 aromatic heterocycles. The quantitative estimate of drug-likeness (QED) is 0.140. The molecule has 3 heterocycles. The number of fused-ring (bicyclic) bond motifs is 2. The van der Waals surface area contributed by atoms with Gasteiger partial charge in [-0.25, -0.2) is 9.55 Å². The van der Waals surface area contributed by atoms with Crippen LogP contribution in [0.15, 0.2) is 83.9 Å². The van der Waals surface area contributed by atoms with E-state index in [1.54, 1.807) is 19.1 Å². The van der Waals surface area contributed by atoms with E-state index in [4.69, 9.17) is 24.3 Å². The maximum absolute atomic E-state index is 14.4. The van der Waals surface area contributed by atoms with Gasteiger partial charge in [-0.3, -0.25) is 23.7 Å². The third-order valence-electron chi connectivity index (χ3n) is 7.51. The van der Waals surface area contributed by atoms with Crippen LogP contribution in [0.5, 0.6) is 5.75 Å². The first-order valence-corrected chi connectivity index (χ1v) is 16.1. The summed E-state index contributed by atoms with van der Waals surface area (Å²) in [7, 11) is -4.05. The van der Waals surface area contributed by atoms with Gasteiger partial charge in [0, 0.05) is 11.8 Å². The second kappa shape index (κ2) is 12.8. The fourth-order valence-corrected chi connectivity index (χ4v) is 7.08. The summed E-state index contributed by atoms with van der Waals surface area (Å²) < 4.78 is 39.4. The SMILES string of the molecule is C[C@H](CP(=O)(OC[C@H]1O[C@@H](n2cnc3c(=O)[nH]c(N)nc32)C[C@H]1O)Oc1cccc2ccccc12)C(=O)OCc1ccccc1. The average molecular weight is 634 g/mol. The molecule has 3 aromatic carbocycles. The molecule has 4 N–H and O–H groups in total. The zero-order valence-corrected chi connectivity index (χ0v) is 25.2. The van der Waals surface area contributed by atoms with Crippen LogP contribution < -0.4 is 15.8 Å². The van der Waals surface area contributed by atoms with Crippen molar-refractivity contribution in [3.63, 3.8) is 0 Å². The second-order valence-electron chi connectivity index (χ2n) is 10.9. The van der Waals surface area contributed by atoms with Gasteiger partial charge in [0.15, 0.2) is 11.2 Å². The first-order valence-electron chi connectivity index (χ1n) is 14.4. The molecule has 234 valence electrons. The Morgan fingerprint density at radius 2 is 1.91 bits per heavy atom. The smallest absolute Gasteiger partial charge is 0.380 e. The van der Waals surface area contributed by atoms with Gasteiger partial charge in [0.05, 0.1) is 31.1 Å². The van der Waals surface area contributed by atoms with Crippen molar-refractivity contribution >= 4 is 41.4 Å². The van der Waals surface area contributed by atoms with E-state index >= 15 is 0 Å². The van der Waals surface area contributed by atoms with E-state index in [0.717, 1.165) is 10.9 Å². The molecule has 0 bridgehead atoms. The first-order chi connectivity index (χ1) is 21.7. The number of aliphatic hydroxyl groups excluding tert-OH is 1. The lowest BCUT2D eigenvalue weighted by Gasteiger charge is -2.24. The van der Waals surface area contributed by atoms with E-state index in [1.165, 1.54) is 10.9 Å². The first kappa shape index (κ1) is 30.5. The highest BCUT2D eigenvalue weighted by Gasteiger charge is 2.40.